The predicted molar refractivity (Wildman–Crippen MR) is 87.9 cm³/mol. The smallest absolute Gasteiger partial charge is 0.270 e. The minimum absolute atomic E-state index is 0.0731. The number of carbonyl (C=O) groups excluding carboxylic acids is 1. The van der Waals surface area contributed by atoms with Crippen LogP contribution in [0.5, 0.6) is 0 Å². The molecule has 0 saturated heterocycles. The van der Waals surface area contributed by atoms with Gasteiger partial charge in [-0.05, 0) is 31.9 Å². The molecular weight excluding hydrogens is 276 g/mol. The van der Waals surface area contributed by atoms with E-state index in [9.17, 15) is 4.79 Å². The number of aromatic nitrogens is 2. The summed E-state index contributed by atoms with van der Waals surface area (Å²) in [6.45, 7) is 6.66. The Kier molecular flexibility index (Phi) is 5.47. The Balaban J connectivity index is 2.10. The van der Waals surface area contributed by atoms with Crippen molar-refractivity contribution in [2.75, 3.05) is 11.9 Å². The Bertz CT molecular complexity index is 628. The Hall–Kier alpha value is -2.43. The Morgan fingerprint density at radius 2 is 1.95 bits per heavy atom. The topological polar surface area (TPSA) is 66.9 Å². The monoisotopic (exact) mass is 298 g/mol. The van der Waals surface area contributed by atoms with Crippen molar-refractivity contribution < 1.29 is 4.79 Å². The molecule has 0 radical (unpaired) electrons. The molecule has 1 amide bonds. The second-order valence-electron chi connectivity index (χ2n) is 5.25. The summed E-state index contributed by atoms with van der Waals surface area (Å²) in [4.78, 5) is 20.9. The van der Waals surface area contributed by atoms with Gasteiger partial charge in [0, 0.05) is 12.2 Å². The molecule has 1 atom stereocenters. The van der Waals surface area contributed by atoms with Gasteiger partial charge in [-0.15, -0.1) is 0 Å². The van der Waals surface area contributed by atoms with Crippen LogP contribution in [0.2, 0.25) is 0 Å². The number of hydrogen-bond acceptors (Lipinski definition) is 4. The molecule has 0 aliphatic rings. The summed E-state index contributed by atoms with van der Waals surface area (Å²) < 4.78 is 0. The maximum absolute atomic E-state index is 12.4. The molecule has 0 saturated carbocycles. The molecule has 1 aromatic carbocycles. The molecule has 0 aliphatic heterocycles. The molecule has 1 heterocycles. The fourth-order valence-electron chi connectivity index (χ4n) is 2.10. The van der Waals surface area contributed by atoms with Crippen molar-refractivity contribution in [2.45, 2.75) is 33.2 Å². The Morgan fingerprint density at radius 3 is 2.64 bits per heavy atom. The van der Waals surface area contributed by atoms with E-state index in [0.29, 0.717) is 11.6 Å². The molecule has 2 aromatic rings. The number of carbonyl (C=O) groups is 1. The molecule has 1 unspecified atom stereocenters. The highest BCUT2D eigenvalue weighted by Gasteiger charge is 2.14. The van der Waals surface area contributed by atoms with Crippen molar-refractivity contribution in [2.24, 2.45) is 0 Å². The van der Waals surface area contributed by atoms with E-state index in [2.05, 4.69) is 27.5 Å². The number of anilines is 1. The fourth-order valence-corrected chi connectivity index (χ4v) is 2.10. The van der Waals surface area contributed by atoms with Crippen molar-refractivity contribution in [3.05, 3.63) is 53.3 Å². The molecule has 0 aliphatic carbocycles. The van der Waals surface area contributed by atoms with Gasteiger partial charge in [-0.2, -0.15) is 0 Å². The highest BCUT2D eigenvalue weighted by molar-refractivity contribution is 5.92. The Morgan fingerprint density at radius 1 is 1.23 bits per heavy atom. The summed E-state index contributed by atoms with van der Waals surface area (Å²) in [5, 5.41) is 6.08. The quantitative estimate of drug-likeness (QED) is 0.860. The van der Waals surface area contributed by atoms with Gasteiger partial charge in [0.05, 0.1) is 6.04 Å². The highest BCUT2D eigenvalue weighted by Crippen LogP contribution is 2.12. The van der Waals surface area contributed by atoms with Crippen molar-refractivity contribution in [3.8, 4) is 0 Å². The summed E-state index contributed by atoms with van der Waals surface area (Å²) >= 11 is 0. The number of benzene rings is 1. The van der Waals surface area contributed by atoms with E-state index in [1.54, 1.807) is 6.07 Å². The lowest BCUT2D eigenvalue weighted by molar-refractivity contribution is 0.0934. The molecule has 2 rings (SSSR count). The van der Waals surface area contributed by atoms with Crippen LogP contribution in [0.4, 0.5) is 5.95 Å². The molecule has 5 heteroatoms. The van der Waals surface area contributed by atoms with Crippen molar-refractivity contribution in [1.82, 2.24) is 15.3 Å². The van der Waals surface area contributed by atoms with Gasteiger partial charge < -0.3 is 10.6 Å². The SMILES string of the molecule is CCCNc1nc(C)cc(C(=O)NC(C)c2ccccc2)n1. The maximum atomic E-state index is 12.4. The first kappa shape index (κ1) is 15.9. The first-order chi connectivity index (χ1) is 10.6. The zero-order valence-electron chi connectivity index (χ0n) is 13.3. The van der Waals surface area contributed by atoms with Gasteiger partial charge in [-0.3, -0.25) is 4.79 Å². The van der Waals surface area contributed by atoms with Gasteiger partial charge in [0.1, 0.15) is 5.69 Å². The number of rotatable bonds is 6. The van der Waals surface area contributed by atoms with E-state index < -0.39 is 0 Å². The molecule has 1 aromatic heterocycles. The lowest BCUT2D eigenvalue weighted by atomic mass is 10.1. The largest absolute Gasteiger partial charge is 0.354 e. The van der Waals surface area contributed by atoms with Crippen molar-refractivity contribution in [3.63, 3.8) is 0 Å². The molecule has 5 nitrogen and oxygen atoms in total. The predicted octanol–water partition coefficient (Wildman–Crippen LogP) is 3.10. The molecule has 0 spiro atoms. The zero-order chi connectivity index (χ0) is 15.9. The average Bonchev–Trinajstić information content (AvgIpc) is 2.53. The highest BCUT2D eigenvalue weighted by atomic mass is 16.1. The first-order valence-corrected chi connectivity index (χ1v) is 7.55. The lowest BCUT2D eigenvalue weighted by Gasteiger charge is -2.14. The zero-order valence-corrected chi connectivity index (χ0v) is 13.3. The number of hydrogen-bond donors (Lipinski definition) is 2. The van der Waals surface area contributed by atoms with Gasteiger partial charge in [0.15, 0.2) is 0 Å². The molecule has 2 N–H and O–H groups in total. The average molecular weight is 298 g/mol. The van der Waals surface area contributed by atoms with E-state index in [1.807, 2.05) is 44.2 Å². The molecule has 0 fully saturated rings. The van der Waals surface area contributed by atoms with Crippen molar-refractivity contribution >= 4 is 11.9 Å². The second-order valence-corrected chi connectivity index (χ2v) is 5.25. The van der Waals surface area contributed by atoms with Crippen LogP contribution in [-0.2, 0) is 0 Å². The third-order valence-corrected chi connectivity index (χ3v) is 3.27. The summed E-state index contributed by atoms with van der Waals surface area (Å²) in [7, 11) is 0. The van der Waals surface area contributed by atoms with E-state index in [1.165, 1.54) is 0 Å². The van der Waals surface area contributed by atoms with E-state index in [0.717, 1.165) is 24.2 Å². The fraction of sp³-hybridized carbons (Fsp3) is 0.353. The molecule has 116 valence electrons. The van der Waals surface area contributed by atoms with Gasteiger partial charge in [-0.1, -0.05) is 37.3 Å². The van der Waals surface area contributed by atoms with E-state index >= 15 is 0 Å². The lowest BCUT2D eigenvalue weighted by Crippen LogP contribution is -2.28. The number of nitrogens with one attached hydrogen (secondary N) is 2. The first-order valence-electron chi connectivity index (χ1n) is 7.55. The summed E-state index contributed by atoms with van der Waals surface area (Å²) in [5.74, 6) is 0.306. The standard InChI is InChI=1S/C17H22N4O/c1-4-10-18-17-19-12(2)11-15(21-17)16(22)20-13(3)14-8-6-5-7-9-14/h5-9,11,13H,4,10H2,1-3H3,(H,20,22)(H,18,19,21). The summed E-state index contributed by atoms with van der Waals surface area (Å²) in [5.41, 5.74) is 2.21. The number of aryl methyl sites for hydroxylation is 1. The second kappa shape index (κ2) is 7.54. The van der Waals surface area contributed by atoms with Crippen LogP contribution in [0.15, 0.2) is 36.4 Å². The Labute approximate surface area is 131 Å². The van der Waals surface area contributed by atoms with E-state index in [-0.39, 0.29) is 11.9 Å². The van der Waals surface area contributed by atoms with Gasteiger partial charge in [0.25, 0.3) is 5.91 Å². The van der Waals surface area contributed by atoms with Gasteiger partial charge in [0.2, 0.25) is 5.95 Å². The summed E-state index contributed by atoms with van der Waals surface area (Å²) in [6, 6.07) is 11.5. The van der Waals surface area contributed by atoms with Crippen LogP contribution in [-0.4, -0.2) is 22.4 Å². The number of nitrogens with zero attached hydrogens (tertiary/aromatic N) is 2. The van der Waals surface area contributed by atoms with Crippen molar-refractivity contribution in [1.29, 1.82) is 0 Å². The van der Waals surface area contributed by atoms with E-state index in [4.69, 9.17) is 0 Å². The number of amides is 1. The third kappa shape index (κ3) is 4.28. The van der Waals surface area contributed by atoms with Crippen LogP contribution >= 0.6 is 0 Å². The maximum Gasteiger partial charge on any atom is 0.270 e. The normalized spacial score (nSPS) is 11.8. The minimum Gasteiger partial charge on any atom is -0.354 e. The van der Waals surface area contributed by atoms with Crippen LogP contribution < -0.4 is 10.6 Å². The summed E-state index contributed by atoms with van der Waals surface area (Å²) in [6.07, 6.45) is 0.976. The third-order valence-electron chi connectivity index (χ3n) is 3.27. The van der Waals surface area contributed by atoms with Gasteiger partial charge >= 0.3 is 0 Å². The molecular formula is C17H22N4O. The van der Waals surface area contributed by atoms with Crippen LogP contribution in [0, 0.1) is 6.92 Å². The minimum atomic E-state index is -0.193. The van der Waals surface area contributed by atoms with Crippen LogP contribution in [0.25, 0.3) is 0 Å². The van der Waals surface area contributed by atoms with Gasteiger partial charge in [-0.25, -0.2) is 9.97 Å². The van der Waals surface area contributed by atoms with Crippen LogP contribution in [0.3, 0.4) is 0 Å². The molecule has 0 bridgehead atoms. The molecule has 22 heavy (non-hydrogen) atoms. The van der Waals surface area contributed by atoms with Crippen LogP contribution in [0.1, 0.15) is 48.1 Å².